The zero-order chi connectivity index (χ0) is 24.1. The van der Waals surface area contributed by atoms with Crippen molar-refractivity contribution >= 4 is 29.3 Å². The van der Waals surface area contributed by atoms with E-state index in [0.29, 0.717) is 43.3 Å². The molecule has 7 nitrogen and oxygen atoms in total. The molecule has 0 spiro atoms. The molecule has 1 N–H and O–H groups in total. The van der Waals surface area contributed by atoms with Crippen LogP contribution in [0.25, 0.3) is 0 Å². The number of thioether (sulfide) groups is 1. The Hall–Kier alpha value is -2.89. The smallest absolute Gasteiger partial charge is 0.238 e. The molecule has 3 rings (SSSR count). The maximum Gasteiger partial charge on any atom is 0.238 e. The quantitative estimate of drug-likeness (QED) is 0.658. The number of pyridine rings is 1. The van der Waals surface area contributed by atoms with Crippen LogP contribution in [0.2, 0.25) is 0 Å². The minimum absolute atomic E-state index is 0.0289. The average molecular weight is 466 g/mol. The number of nitriles is 1. The Balaban J connectivity index is 1.50. The molecular weight excluding hydrogens is 434 g/mol. The second kappa shape index (κ2) is 10.8. The van der Waals surface area contributed by atoms with Gasteiger partial charge in [-0.2, -0.15) is 5.26 Å². The SMILES string of the molecule is Cc1cccc(C)c1NC(=O)CN1CCN(C(=O)CSc2nc(C)c(C)c(C)c2C#N)CC1. The molecule has 2 heterocycles. The fraction of sp³-hybridized carbons (Fsp3) is 0.440. The molecule has 0 bridgehead atoms. The number of aryl methyl sites for hydroxylation is 3. The van der Waals surface area contributed by atoms with Gasteiger partial charge in [-0.3, -0.25) is 14.5 Å². The monoisotopic (exact) mass is 465 g/mol. The Morgan fingerprint density at radius 2 is 1.70 bits per heavy atom. The number of amides is 2. The van der Waals surface area contributed by atoms with Crippen molar-refractivity contribution in [3.05, 3.63) is 51.7 Å². The van der Waals surface area contributed by atoms with E-state index in [1.807, 2.05) is 57.7 Å². The lowest BCUT2D eigenvalue weighted by Gasteiger charge is -2.34. The lowest BCUT2D eigenvalue weighted by Crippen LogP contribution is -2.50. The predicted octanol–water partition coefficient (Wildman–Crippen LogP) is 3.37. The van der Waals surface area contributed by atoms with Gasteiger partial charge in [-0.1, -0.05) is 30.0 Å². The molecule has 1 fully saturated rings. The number of aromatic nitrogens is 1. The molecule has 0 radical (unpaired) electrons. The lowest BCUT2D eigenvalue weighted by atomic mass is 10.1. The van der Waals surface area contributed by atoms with Crippen LogP contribution >= 0.6 is 11.8 Å². The third-order valence-electron chi connectivity index (χ3n) is 6.25. The van der Waals surface area contributed by atoms with E-state index in [1.165, 1.54) is 11.8 Å². The number of rotatable bonds is 6. The number of para-hydroxylation sites is 1. The van der Waals surface area contributed by atoms with E-state index in [0.717, 1.165) is 33.6 Å². The molecule has 1 aromatic carbocycles. The maximum absolute atomic E-state index is 12.7. The number of benzene rings is 1. The zero-order valence-electron chi connectivity index (χ0n) is 20.0. The van der Waals surface area contributed by atoms with Gasteiger partial charge in [0.2, 0.25) is 11.8 Å². The predicted molar refractivity (Wildman–Crippen MR) is 131 cm³/mol. The van der Waals surface area contributed by atoms with Gasteiger partial charge < -0.3 is 10.2 Å². The van der Waals surface area contributed by atoms with E-state index in [1.54, 1.807) is 0 Å². The van der Waals surface area contributed by atoms with E-state index in [9.17, 15) is 14.9 Å². The van der Waals surface area contributed by atoms with Gasteiger partial charge in [-0.25, -0.2) is 4.98 Å². The second-order valence-corrected chi connectivity index (χ2v) is 9.46. The number of carbonyl (C=O) groups excluding carboxylic acids is 2. The fourth-order valence-corrected chi connectivity index (χ4v) is 4.91. The van der Waals surface area contributed by atoms with Crippen LogP contribution in [-0.2, 0) is 9.59 Å². The van der Waals surface area contributed by atoms with Crippen LogP contribution in [0, 0.1) is 45.9 Å². The van der Waals surface area contributed by atoms with Crippen molar-refractivity contribution < 1.29 is 9.59 Å². The first-order chi connectivity index (χ1) is 15.7. The highest BCUT2D eigenvalue weighted by atomic mass is 32.2. The second-order valence-electron chi connectivity index (χ2n) is 8.50. The largest absolute Gasteiger partial charge is 0.339 e. The first kappa shape index (κ1) is 24.7. The van der Waals surface area contributed by atoms with Crippen molar-refractivity contribution in [3.8, 4) is 6.07 Å². The number of nitrogens with zero attached hydrogens (tertiary/aromatic N) is 4. The Bertz CT molecular complexity index is 1080. The van der Waals surface area contributed by atoms with Gasteiger partial charge >= 0.3 is 0 Å². The summed E-state index contributed by atoms with van der Waals surface area (Å²) in [6.07, 6.45) is 0. The minimum atomic E-state index is -0.0389. The van der Waals surface area contributed by atoms with E-state index in [-0.39, 0.29) is 17.6 Å². The van der Waals surface area contributed by atoms with E-state index < -0.39 is 0 Å². The molecule has 2 aromatic rings. The summed E-state index contributed by atoms with van der Waals surface area (Å²) < 4.78 is 0. The highest BCUT2D eigenvalue weighted by molar-refractivity contribution is 8.00. The van der Waals surface area contributed by atoms with Crippen molar-refractivity contribution in [2.75, 3.05) is 43.8 Å². The first-order valence-corrected chi connectivity index (χ1v) is 12.1. The van der Waals surface area contributed by atoms with Gasteiger partial charge in [0.15, 0.2) is 0 Å². The van der Waals surface area contributed by atoms with E-state index >= 15 is 0 Å². The highest BCUT2D eigenvalue weighted by Crippen LogP contribution is 2.26. The van der Waals surface area contributed by atoms with Gasteiger partial charge in [0.1, 0.15) is 11.1 Å². The van der Waals surface area contributed by atoms with E-state index in [4.69, 9.17) is 0 Å². The third kappa shape index (κ3) is 5.92. The summed E-state index contributed by atoms with van der Waals surface area (Å²) in [5, 5.41) is 13.2. The van der Waals surface area contributed by atoms with Crippen LogP contribution in [0.3, 0.4) is 0 Å². The van der Waals surface area contributed by atoms with Gasteiger partial charge in [-0.15, -0.1) is 0 Å². The molecule has 1 aliphatic rings. The summed E-state index contributed by atoms with van der Waals surface area (Å²) in [5.41, 5.74) is 6.34. The Kier molecular flexibility index (Phi) is 8.11. The number of hydrogen-bond donors (Lipinski definition) is 1. The molecule has 1 saturated heterocycles. The summed E-state index contributed by atoms with van der Waals surface area (Å²) >= 11 is 1.32. The molecular formula is C25H31N5O2S. The van der Waals surface area contributed by atoms with Crippen LogP contribution in [-0.4, -0.2) is 65.1 Å². The standard InChI is InChI=1S/C25H31N5O2S/c1-16-7-6-8-17(2)24(16)28-22(31)14-29-9-11-30(12-10-29)23(32)15-33-25-21(13-26)19(4)18(3)20(5)27-25/h6-8H,9-12,14-15H2,1-5H3,(H,28,31). The van der Waals surface area contributed by atoms with Gasteiger partial charge in [0.25, 0.3) is 0 Å². The number of hydrogen-bond acceptors (Lipinski definition) is 6. The van der Waals surface area contributed by atoms with Crippen LogP contribution in [0.5, 0.6) is 0 Å². The van der Waals surface area contributed by atoms with Crippen molar-refractivity contribution in [3.63, 3.8) is 0 Å². The molecule has 0 unspecified atom stereocenters. The Morgan fingerprint density at radius 1 is 1.06 bits per heavy atom. The van der Waals surface area contributed by atoms with Crippen LogP contribution < -0.4 is 5.32 Å². The zero-order valence-corrected chi connectivity index (χ0v) is 20.8. The number of carbonyl (C=O) groups is 2. The third-order valence-corrected chi connectivity index (χ3v) is 7.21. The Labute approximate surface area is 200 Å². The van der Waals surface area contributed by atoms with Crippen molar-refractivity contribution in [1.82, 2.24) is 14.8 Å². The molecule has 0 aliphatic carbocycles. The van der Waals surface area contributed by atoms with Gasteiger partial charge in [-0.05, 0) is 56.9 Å². The van der Waals surface area contributed by atoms with Gasteiger partial charge in [0.05, 0.1) is 17.9 Å². The molecule has 2 amide bonds. The summed E-state index contributed by atoms with van der Waals surface area (Å²) in [5.74, 6) is 0.237. The Morgan fingerprint density at radius 3 is 2.30 bits per heavy atom. The summed E-state index contributed by atoms with van der Waals surface area (Å²) in [4.78, 5) is 33.7. The lowest BCUT2D eigenvalue weighted by molar-refractivity contribution is -0.130. The summed E-state index contributed by atoms with van der Waals surface area (Å²) in [7, 11) is 0. The van der Waals surface area contributed by atoms with Gasteiger partial charge in [0, 0.05) is 37.6 Å². The molecule has 33 heavy (non-hydrogen) atoms. The first-order valence-electron chi connectivity index (χ1n) is 11.1. The fourth-order valence-electron chi connectivity index (χ4n) is 3.92. The highest BCUT2D eigenvalue weighted by Gasteiger charge is 2.23. The number of anilines is 1. The summed E-state index contributed by atoms with van der Waals surface area (Å²) in [6, 6.07) is 8.18. The maximum atomic E-state index is 12.7. The number of piperazine rings is 1. The minimum Gasteiger partial charge on any atom is -0.339 e. The average Bonchev–Trinajstić information content (AvgIpc) is 2.79. The van der Waals surface area contributed by atoms with Crippen LogP contribution in [0.4, 0.5) is 5.69 Å². The van der Waals surface area contributed by atoms with Crippen LogP contribution in [0.15, 0.2) is 23.2 Å². The van der Waals surface area contributed by atoms with Crippen molar-refractivity contribution in [2.45, 2.75) is 39.6 Å². The molecule has 1 aromatic heterocycles. The summed E-state index contributed by atoms with van der Waals surface area (Å²) in [6.45, 7) is 12.6. The molecule has 174 valence electrons. The molecule has 0 saturated carbocycles. The molecule has 8 heteroatoms. The van der Waals surface area contributed by atoms with Crippen LogP contribution in [0.1, 0.15) is 33.5 Å². The normalized spacial score (nSPS) is 14.1. The van der Waals surface area contributed by atoms with E-state index in [2.05, 4.69) is 21.3 Å². The number of nitrogens with one attached hydrogen (secondary N) is 1. The molecule has 0 atom stereocenters. The topological polar surface area (TPSA) is 89.3 Å². The van der Waals surface area contributed by atoms with Crippen molar-refractivity contribution in [1.29, 1.82) is 5.26 Å². The van der Waals surface area contributed by atoms with Crippen molar-refractivity contribution in [2.24, 2.45) is 0 Å². The molecule has 1 aliphatic heterocycles.